The van der Waals surface area contributed by atoms with Gasteiger partial charge in [0.1, 0.15) is 17.5 Å². The molecule has 0 radical (unpaired) electrons. The van der Waals surface area contributed by atoms with Crippen molar-refractivity contribution in [3.63, 3.8) is 0 Å². The van der Waals surface area contributed by atoms with E-state index in [9.17, 15) is 27.6 Å². The van der Waals surface area contributed by atoms with Crippen molar-refractivity contribution in [1.29, 1.82) is 0 Å². The molecular weight excluding hydrogens is 609 g/mol. The zero-order chi connectivity index (χ0) is 31.4. The number of halogens is 3. The van der Waals surface area contributed by atoms with Crippen LogP contribution in [0.5, 0.6) is 0 Å². The summed E-state index contributed by atoms with van der Waals surface area (Å²) in [5.41, 5.74) is 0.296. The van der Waals surface area contributed by atoms with Gasteiger partial charge in [0.15, 0.2) is 0 Å². The molecule has 0 saturated carbocycles. The van der Waals surface area contributed by atoms with Crippen molar-refractivity contribution in [1.82, 2.24) is 0 Å². The van der Waals surface area contributed by atoms with E-state index in [2.05, 4.69) is 54.6 Å². The first-order chi connectivity index (χ1) is 20.5. The molecule has 0 aliphatic carbocycles. The number of hydrogen-bond acceptors (Lipinski definition) is 3. The Hall–Kier alpha value is -5.12. The average Bonchev–Trinajstić information content (AvgIpc) is 3.38. The predicted octanol–water partition coefficient (Wildman–Crippen LogP) is 8.28. The van der Waals surface area contributed by atoms with E-state index in [4.69, 9.17) is 15.3 Å². The van der Waals surface area contributed by atoms with Gasteiger partial charge in [-0.1, -0.05) is 36.4 Å². The largest absolute Gasteiger partial charge is 0.478 e. The molecule has 0 aliphatic heterocycles. The Morgan fingerprint density at radius 2 is 0.682 bits per heavy atom. The minimum atomic E-state index is -1.04. The van der Waals surface area contributed by atoms with Gasteiger partial charge < -0.3 is 15.3 Å². The second-order valence-corrected chi connectivity index (χ2v) is 8.75. The summed E-state index contributed by atoms with van der Waals surface area (Å²) in [4.78, 5) is 30.6. The van der Waals surface area contributed by atoms with Crippen molar-refractivity contribution in [2.75, 3.05) is 0 Å². The van der Waals surface area contributed by atoms with Gasteiger partial charge >= 0.3 is 17.9 Å². The van der Waals surface area contributed by atoms with Crippen LogP contribution in [0.15, 0.2) is 127 Å². The van der Waals surface area contributed by atoms with Crippen LogP contribution in [0, 0.1) is 17.5 Å². The van der Waals surface area contributed by atoms with Crippen LogP contribution >= 0.6 is 0 Å². The standard InChI is InChI=1S/C13H9.3C7H5FO2.Ti/c1-3-7-12-10(5-1)9-11-6-2-4-8-13(11)12;3*8-6-3-1-5(2-4-6)7(9)10;/h1-9H;3*1-4H,(H,9,10);/q-1;;;;. The number of rotatable bonds is 3. The zero-order valence-electron chi connectivity index (χ0n) is 22.8. The summed E-state index contributed by atoms with van der Waals surface area (Å²) < 4.78 is 36.5. The molecule has 44 heavy (non-hydrogen) atoms. The maximum absolute atomic E-state index is 12.2. The smallest absolute Gasteiger partial charge is 0.335 e. The Balaban J connectivity index is 0.000000205. The Bertz CT molecular complexity index is 1640. The fourth-order valence-corrected chi connectivity index (χ4v) is 3.68. The maximum atomic E-state index is 12.2. The molecule has 0 spiro atoms. The van der Waals surface area contributed by atoms with E-state index in [1.807, 2.05) is 0 Å². The van der Waals surface area contributed by atoms with Gasteiger partial charge in [-0.05, 0) is 72.8 Å². The van der Waals surface area contributed by atoms with E-state index in [1.165, 1.54) is 57.9 Å². The summed E-state index contributed by atoms with van der Waals surface area (Å²) in [7, 11) is 0. The topological polar surface area (TPSA) is 112 Å². The van der Waals surface area contributed by atoms with Gasteiger partial charge in [-0.2, -0.15) is 0 Å². The summed E-state index contributed by atoms with van der Waals surface area (Å²) in [5, 5.41) is 30.5. The van der Waals surface area contributed by atoms with Crippen LogP contribution in [0.1, 0.15) is 31.1 Å². The van der Waals surface area contributed by atoms with Gasteiger partial charge in [0.25, 0.3) is 0 Å². The first-order valence-electron chi connectivity index (χ1n) is 12.5. The van der Waals surface area contributed by atoms with Crippen LogP contribution < -0.4 is 0 Å². The minimum absolute atomic E-state index is 0. The van der Waals surface area contributed by atoms with E-state index in [-0.39, 0.29) is 38.4 Å². The Kier molecular flexibility index (Phi) is 13.6. The average molecular weight is 633 g/mol. The van der Waals surface area contributed by atoms with Crippen LogP contribution in [-0.2, 0) is 21.7 Å². The van der Waals surface area contributed by atoms with Gasteiger partial charge in [0.2, 0.25) is 0 Å². The van der Waals surface area contributed by atoms with Gasteiger partial charge in [0, 0.05) is 21.7 Å². The molecule has 0 aliphatic rings. The summed E-state index contributed by atoms with van der Waals surface area (Å²) in [6, 6.07) is 33.3. The monoisotopic (exact) mass is 633 g/mol. The predicted molar refractivity (Wildman–Crippen MR) is 157 cm³/mol. The second-order valence-electron chi connectivity index (χ2n) is 8.75. The Morgan fingerprint density at radius 3 is 0.932 bits per heavy atom. The molecule has 0 bridgehead atoms. The number of carboxylic acid groups (broad SMARTS) is 3. The molecule has 10 heteroatoms. The summed E-state index contributed by atoms with van der Waals surface area (Å²) in [5.74, 6) is -4.40. The van der Waals surface area contributed by atoms with Crippen molar-refractivity contribution >= 4 is 39.5 Å². The molecule has 6 rings (SSSR count). The van der Waals surface area contributed by atoms with Gasteiger partial charge in [-0.3, -0.25) is 0 Å². The van der Waals surface area contributed by atoms with Crippen molar-refractivity contribution in [2.45, 2.75) is 0 Å². The third-order valence-electron chi connectivity index (χ3n) is 5.80. The van der Waals surface area contributed by atoms with E-state index < -0.39 is 35.4 Å². The van der Waals surface area contributed by atoms with E-state index >= 15 is 0 Å². The van der Waals surface area contributed by atoms with Crippen molar-refractivity contribution < 1.29 is 64.6 Å². The number of hydrogen-bond donors (Lipinski definition) is 3. The molecule has 0 saturated heterocycles. The summed E-state index contributed by atoms with van der Waals surface area (Å²) in [6.45, 7) is 0. The SMILES string of the molecule is O=C(O)c1ccc(F)cc1.O=C(O)c1ccc(F)cc1.O=C(O)c1ccc(F)cc1.[Ti].c1ccc2c(c1)[cH-]c1ccccc12. The Labute approximate surface area is 264 Å². The first kappa shape index (κ1) is 35.1. The number of benzene rings is 5. The zero-order valence-corrected chi connectivity index (χ0v) is 24.4. The second kappa shape index (κ2) is 17.1. The molecule has 0 fully saturated rings. The normalized spacial score (nSPS) is 9.61. The Morgan fingerprint density at radius 1 is 0.432 bits per heavy atom. The van der Waals surface area contributed by atoms with Crippen LogP contribution in [-0.4, -0.2) is 33.2 Å². The molecule has 222 valence electrons. The van der Waals surface area contributed by atoms with Crippen LogP contribution in [0.3, 0.4) is 0 Å². The molecule has 6 aromatic carbocycles. The van der Waals surface area contributed by atoms with E-state index in [1.54, 1.807) is 0 Å². The molecule has 0 aromatic heterocycles. The molecule has 3 N–H and O–H groups in total. The van der Waals surface area contributed by atoms with Crippen molar-refractivity contribution in [3.05, 3.63) is 162 Å². The number of carboxylic acids is 3. The van der Waals surface area contributed by atoms with Gasteiger partial charge in [0.05, 0.1) is 16.7 Å². The molecule has 0 heterocycles. The third kappa shape index (κ3) is 10.6. The summed E-state index contributed by atoms with van der Waals surface area (Å²) in [6.07, 6.45) is 0. The number of fused-ring (bicyclic) bond motifs is 3. The fourth-order valence-electron chi connectivity index (χ4n) is 3.68. The first-order valence-corrected chi connectivity index (χ1v) is 12.5. The minimum Gasteiger partial charge on any atom is -0.478 e. The quantitative estimate of drug-likeness (QED) is 0.134. The molecule has 0 atom stereocenters. The van der Waals surface area contributed by atoms with E-state index in [0.29, 0.717) is 0 Å². The fraction of sp³-hybridized carbons (Fsp3) is 0. The van der Waals surface area contributed by atoms with Crippen LogP contribution in [0.4, 0.5) is 13.2 Å². The number of carbonyl (C=O) groups is 3. The van der Waals surface area contributed by atoms with Gasteiger partial charge in [-0.15, -0.1) is 39.7 Å². The third-order valence-corrected chi connectivity index (χ3v) is 5.80. The molecule has 6 nitrogen and oxygen atoms in total. The van der Waals surface area contributed by atoms with Crippen LogP contribution in [0.2, 0.25) is 0 Å². The van der Waals surface area contributed by atoms with Crippen molar-refractivity contribution in [2.24, 2.45) is 0 Å². The molecule has 0 unspecified atom stereocenters. The maximum Gasteiger partial charge on any atom is 0.335 e. The molecule has 0 amide bonds. The number of aromatic carboxylic acids is 3. The summed E-state index contributed by atoms with van der Waals surface area (Å²) >= 11 is 0. The van der Waals surface area contributed by atoms with Gasteiger partial charge in [-0.25, -0.2) is 27.6 Å². The molecule has 6 aromatic rings. The van der Waals surface area contributed by atoms with Crippen LogP contribution in [0.25, 0.3) is 21.5 Å². The molecular formula is C34H24F3O6Ti-. The van der Waals surface area contributed by atoms with Crippen molar-refractivity contribution in [3.8, 4) is 0 Å². The van der Waals surface area contributed by atoms with E-state index in [0.717, 1.165) is 36.4 Å².